The fourth-order valence-corrected chi connectivity index (χ4v) is 4.43. The Bertz CT molecular complexity index is 1010. The molecule has 0 radical (unpaired) electrons. The van der Waals surface area contributed by atoms with Crippen molar-refractivity contribution in [3.05, 3.63) is 23.7 Å². The van der Waals surface area contributed by atoms with Crippen LogP contribution in [0.3, 0.4) is 0 Å². The number of carbonyl (C=O) groups is 1. The predicted octanol–water partition coefficient (Wildman–Crippen LogP) is 3.44. The Morgan fingerprint density at radius 1 is 1.26 bits per heavy atom. The Hall–Kier alpha value is -2.89. The lowest BCUT2D eigenvalue weighted by molar-refractivity contribution is -0.137. The molecule has 0 aromatic carbocycles. The molecule has 2 aliphatic rings. The van der Waals surface area contributed by atoms with E-state index in [-0.39, 0.29) is 30.3 Å². The summed E-state index contributed by atoms with van der Waals surface area (Å²) in [6.45, 7) is 8.38. The zero-order valence-electron chi connectivity index (χ0n) is 19.5. The molecule has 0 aliphatic carbocycles. The van der Waals surface area contributed by atoms with Crippen LogP contribution in [0, 0.1) is 6.92 Å². The van der Waals surface area contributed by atoms with E-state index in [0.717, 1.165) is 44.4 Å². The average molecular weight is 481 g/mol. The van der Waals surface area contributed by atoms with Gasteiger partial charge < -0.3 is 20.4 Å². The normalized spacial score (nSPS) is 19.3. The van der Waals surface area contributed by atoms with Gasteiger partial charge >= 0.3 is 6.18 Å². The number of nitrogens with one attached hydrogen (secondary N) is 2. The molecule has 1 unspecified atom stereocenters. The molecule has 1 amide bonds. The number of nitrogens with zero attached hydrogens (tertiary/aromatic N) is 6. The highest BCUT2D eigenvalue weighted by molar-refractivity contribution is 5.78. The van der Waals surface area contributed by atoms with Gasteiger partial charge in [-0.05, 0) is 32.7 Å². The zero-order chi connectivity index (χ0) is 24.3. The topological polar surface area (TPSA) is 91.2 Å². The molecule has 2 aliphatic heterocycles. The van der Waals surface area contributed by atoms with Crippen LogP contribution in [0.2, 0.25) is 0 Å². The molecule has 4 rings (SSSR count). The molecule has 9 nitrogen and oxygen atoms in total. The fourth-order valence-electron chi connectivity index (χ4n) is 4.43. The van der Waals surface area contributed by atoms with Crippen molar-refractivity contribution in [2.45, 2.75) is 51.7 Å². The minimum Gasteiger partial charge on any atom is -0.369 e. The summed E-state index contributed by atoms with van der Waals surface area (Å²) in [4.78, 5) is 23.8. The molecule has 2 aromatic rings. The smallest absolute Gasteiger partial charge is 0.369 e. The standard InChI is InChI=1S/C22H31F3N8O/c1-3-31-11-7-16(13-31)33-14-18(15(2)30-33)28-21-27-12-17(22(23,24)25)20(29-21)26-8-5-10-32-9-4-6-19(32)34/h12,14,16H,3-11,13H2,1-2H3,(H2,26,27,28,29). The first-order valence-electron chi connectivity index (χ1n) is 11.8. The summed E-state index contributed by atoms with van der Waals surface area (Å²) in [7, 11) is 0. The van der Waals surface area contributed by atoms with Crippen LogP contribution >= 0.6 is 0 Å². The summed E-state index contributed by atoms with van der Waals surface area (Å²) in [6, 6.07) is 0.266. The number of rotatable bonds is 9. The van der Waals surface area contributed by atoms with Gasteiger partial charge in [0.25, 0.3) is 0 Å². The Morgan fingerprint density at radius 3 is 2.76 bits per heavy atom. The number of hydrogen-bond donors (Lipinski definition) is 2. The van der Waals surface area contributed by atoms with Crippen molar-refractivity contribution in [3.63, 3.8) is 0 Å². The van der Waals surface area contributed by atoms with Crippen LogP contribution in [0.4, 0.5) is 30.6 Å². The second kappa shape index (κ2) is 10.2. The lowest BCUT2D eigenvalue weighted by Gasteiger charge is -2.17. The number of alkyl halides is 3. The molecular weight excluding hydrogens is 449 g/mol. The summed E-state index contributed by atoms with van der Waals surface area (Å²) < 4.78 is 42.4. The zero-order valence-corrected chi connectivity index (χ0v) is 19.5. The van der Waals surface area contributed by atoms with Crippen LogP contribution in [0.1, 0.15) is 49.9 Å². The molecule has 34 heavy (non-hydrogen) atoms. The van der Waals surface area contributed by atoms with E-state index in [0.29, 0.717) is 31.6 Å². The van der Waals surface area contributed by atoms with Gasteiger partial charge in [-0.15, -0.1) is 0 Å². The van der Waals surface area contributed by atoms with Crippen LogP contribution in [0.5, 0.6) is 0 Å². The Morgan fingerprint density at radius 2 is 2.09 bits per heavy atom. The summed E-state index contributed by atoms with van der Waals surface area (Å²) >= 11 is 0. The van der Waals surface area contributed by atoms with E-state index in [9.17, 15) is 18.0 Å². The molecule has 2 saturated heterocycles. The summed E-state index contributed by atoms with van der Waals surface area (Å²) in [5.41, 5.74) is 0.463. The van der Waals surface area contributed by atoms with Crippen molar-refractivity contribution in [2.75, 3.05) is 49.9 Å². The number of amides is 1. The highest BCUT2D eigenvalue weighted by Gasteiger charge is 2.35. The number of hydrogen-bond acceptors (Lipinski definition) is 7. The molecule has 0 bridgehead atoms. The van der Waals surface area contributed by atoms with Crippen LogP contribution in [-0.2, 0) is 11.0 Å². The largest absolute Gasteiger partial charge is 0.421 e. The van der Waals surface area contributed by atoms with Crippen LogP contribution in [0.15, 0.2) is 12.4 Å². The third-order valence-corrected chi connectivity index (χ3v) is 6.39. The molecule has 2 fully saturated rings. The third-order valence-electron chi connectivity index (χ3n) is 6.39. The molecule has 4 heterocycles. The van der Waals surface area contributed by atoms with E-state index in [1.165, 1.54) is 0 Å². The quantitative estimate of drug-likeness (QED) is 0.532. The highest BCUT2D eigenvalue weighted by atomic mass is 19.4. The molecule has 186 valence electrons. The minimum atomic E-state index is -4.58. The lowest BCUT2D eigenvalue weighted by atomic mass is 10.3. The monoisotopic (exact) mass is 480 g/mol. The number of halogens is 3. The van der Waals surface area contributed by atoms with Gasteiger partial charge in [0.15, 0.2) is 0 Å². The molecule has 2 aromatic heterocycles. The van der Waals surface area contributed by atoms with E-state index in [1.54, 1.807) is 4.90 Å². The molecule has 12 heteroatoms. The first-order chi connectivity index (χ1) is 16.2. The van der Waals surface area contributed by atoms with Crippen LogP contribution < -0.4 is 10.6 Å². The van der Waals surface area contributed by atoms with Crippen molar-refractivity contribution in [1.82, 2.24) is 29.5 Å². The van der Waals surface area contributed by atoms with Crippen molar-refractivity contribution < 1.29 is 18.0 Å². The lowest BCUT2D eigenvalue weighted by Crippen LogP contribution is -2.27. The molecule has 1 atom stereocenters. The number of likely N-dealkylation sites (N-methyl/N-ethyl adjacent to an activating group) is 1. The Labute approximate surface area is 196 Å². The molecule has 2 N–H and O–H groups in total. The summed E-state index contributed by atoms with van der Waals surface area (Å²) in [6.07, 6.45) is 0.970. The Kier molecular flexibility index (Phi) is 7.24. The van der Waals surface area contributed by atoms with Gasteiger partial charge in [0.05, 0.1) is 17.4 Å². The predicted molar refractivity (Wildman–Crippen MR) is 122 cm³/mol. The van der Waals surface area contributed by atoms with Gasteiger partial charge in [-0.3, -0.25) is 9.48 Å². The second-order valence-corrected chi connectivity index (χ2v) is 8.79. The minimum absolute atomic E-state index is 0.0643. The van der Waals surface area contributed by atoms with Gasteiger partial charge in [-0.25, -0.2) is 4.98 Å². The number of aromatic nitrogens is 4. The van der Waals surface area contributed by atoms with Gasteiger partial charge in [0, 0.05) is 51.5 Å². The van der Waals surface area contributed by atoms with Gasteiger partial charge in [-0.1, -0.05) is 6.92 Å². The first kappa shape index (κ1) is 24.2. The van der Waals surface area contributed by atoms with Crippen molar-refractivity contribution in [1.29, 1.82) is 0 Å². The number of likely N-dealkylation sites (tertiary alicyclic amines) is 2. The number of anilines is 3. The van der Waals surface area contributed by atoms with E-state index in [1.807, 2.05) is 17.8 Å². The number of aryl methyl sites for hydroxylation is 1. The van der Waals surface area contributed by atoms with Crippen molar-refractivity contribution >= 4 is 23.4 Å². The van der Waals surface area contributed by atoms with Gasteiger partial charge in [-0.2, -0.15) is 23.3 Å². The van der Waals surface area contributed by atoms with E-state index in [4.69, 9.17) is 0 Å². The SMILES string of the molecule is CCN1CCC(n2cc(Nc3ncc(C(F)(F)F)c(NCCCN4CCCC4=O)n3)c(C)n2)C1. The van der Waals surface area contributed by atoms with E-state index >= 15 is 0 Å². The third kappa shape index (κ3) is 5.60. The van der Waals surface area contributed by atoms with E-state index in [2.05, 4.69) is 37.5 Å². The van der Waals surface area contributed by atoms with Crippen LogP contribution in [0.25, 0.3) is 0 Å². The maximum absolute atomic E-state index is 13.5. The second-order valence-electron chi connectivity index (χ2n) is 8.79. The molecule has 0 spiro atoms. The highest BCUT2D eigenvalue weighted by Crippen LogP contribution is 2.34. The average Bonchev–Trinajstić information content (AvgIpc) is 3.51. The molecular formula is C22H31F3N8O. The molecule has 0 saturated carbocycles. The van der Waals surface area contributed by atoms with Gasteiger partial charge in [0.2, 0.25) is 11.9 Å². The van der Waals surface area contributed by atoms with Crippen molar-refractivity contribution in [2.24, 2.45) is 0 Å². The van der Waals surface area contributed by atoms with Crippen molar-refractivity contribution in [3.8, 4) is 0 Å². The summed E-state index contributed by atoms with van der Waals surface area (Å²) in [5, 5.41) is 10.4. The summed E-state index contributed by atoms with van der Waals surface area (Å²) in [5.74, 6) is -0.118. The fraction of sp³-hybridized carbons (Fsp3) is 0.636. The number of carbonyl (C=O) groups excluding carboxylic acids is 1. The first-order valence-corrected chi connectivity index (χ1v) is 11.8. The van der Waals surface area contributed by atoms with Gasteiger partial charge in [0.1, 0.15) is 11.4 Å². The van der Waals surface area contributed by atoms with E-state index < -0.39 is 11.7 Å². The van der Waals surface area contributed by atoms with Crippen LogP contribution in [-0.4, -0.2) is 74.7 Å². The Balaban J connectivity index is 1.43. The maximum atomic E-state index is 13.5. The maximum Gasteiger partial charge on any atom is 0.421 e.